The molecule has 0 bridgehead atoms. The van der Waals surface area contributed by atoms with E-state index in [1.807, 2.05) is 43.0 Å². The highest BCUT2D eigenvalue weighted by Gasteiger charge is 2.26. The molecule has 2 rings (SSSR count). The molecule has 1 aromatic carbocycles. The van der Waals surface area contributed by atoms with E-state index in [1.165, 1.54) is 0 Å². The minimum Gasteiger partial charge on any atom is -0.399 e. The Morgan fingerprint density at radius 1 is 1.10 bits per heavy atom. The summed E-state index contributed by atoms with van der Waals surface area (Å²) in [5.41, 5.74) is 13.6. The number of benzene rings is 1. The number of hydrogen-bond donors (Lipinski definition) is 2. The molecule has 4 N–H and O–H groups in total. The van der Waals surface area contributed by atoms with Crippen molar-refractivity contribution in [3.63, 3.8) is 0 Å². The molecule has 1 unspecified atom stereocenters. The molecule has 0 spiro atoms. The van der Waals surface area contributed by atoms with E-state index in [0.717, 1.165) is 37.6 Å². The number of nitrogen functional groups attached to an aromatic ring is 1. The molecule has 1 saturated heterocycles. The molecule has 0 saturated carbocycles. The van der Waals surface area contributed by atoms with Crippen LogP contribution < -0.4 is 16.4 Å². The fourth-order valence-corrected chi connectivity index (χ4v) is 2.37. The lowest BCUT2D eigenvalue weighted by atomic mass is 10.0. The molecular formula is C15H24N4O. The van der Waals surface area contributed by atoms with E-state index in [0.29, 0.717) is 0 Å². The summed E-state index contributed by atoms with van der Waals surface area (Å²) in [6.45, 7) is 7.08. The van der Waals surface area contributed by atoms with Crippen LogP contribution in [0.5, 0.6) is 0 Å². The number of nitrogens with two attached hydrogens (primary N) is 2. The third kappa shape index (κ3) is 3.22. The van der Waals surface area contributed by atoms with Gasteiger partial charge in [-0.1, -0.05) is 13.8 Å². The molecule has 20 heavy (non-hydrogen) atoms. The smallest absolute Gasteiger partial charge is 0.239 e. The fourth-order valence-electron chi connectivity index (χ4n) is 2.37. The molecule has 1 amide bonds. The Labute approximate surface area is 120 Å². The van der Waals surface area contributed by atoms with Crippen molar-refractivity contribution in [1.82, 2.24) is 4.90 Å². The maximum Gasteiger partial charge on any atom is 0.239 e. The van der Waals surface area contributed by atoms with E-state index >= 15 is 0 Å². The summed E-state index contributed by atoms with van der Waals surface area (Å²) >= 11 is 0. The largest absolute Gasteiger partial charge is 0.399 e. The van der Waals surface area contributed by atoms with Crippen LogP contribution >= 0.6 is 0 Å². The van der Waals surface area contributed by atoms with Crippen LogP contribution in [-0.4, -0.2) is 43.0 Å². The van der Waals surface area contributed by atoms with Crippen LogP contribution in [0.1, 0.15) is 13.8 Å². The van der Waals surface area contributed by atoms with E-state index in [9.17, 15) is 4.79 Å². The average Bonchev–Trinajstić information content (AvgIpc) is 2.46. The summed E-state index contributed by atoms with van der Waals surface area (Å²) in [6.07, 6.45) is 0. The number of hydrogen-bond acceptors (Lipinski definition) is 4. The van der Waals surface area contributed by atoms with Gasteiger partial charge in [-0.3, -0.25) is 4.79 Å². The maximum absolute atomic E-state index is 12.2. The summed E-state index contributed by atoms with van der Waals surface area (Å²) in [5.74, 6) is 0.245. The fraction of sp³-hybridized carbons (Fsp3) is 0.533. The first kappa shape index (κ1) is 14.7. The van der Waals surface area contributed by atoms with Gasteiger partial charge in [0.15, 0.2) is 0 Å². The zero-order chi connectivity index (χ0) is 14.7. The first-order chi connectivity index (χ1) is 9.49. The molecule has 0 aliphatic carbocycles. The third-order valence-electron chi connectivity index (χ3n) is 3.85. The second-order valence-electron chi connectivity index (χ2n) is 5.67. The van der Waals surface area contributed by atoms with Crippen molar-refractivity contribution in [3.8, 4) is 0 Å². The Hall–Kier alpha value is -1.75. The number of carbonyl (C=O) groups excluding carboxylic acids is 1. The minimum atomic E-state index is -0.391. The molecule has 1 fully saturated rings. The van der Waals surface area contributed by atoms with Crippen LogP contribution in [0.2, 0.25) is 0 Å². The van der Waals surface area contributed by atoms with Gasteiger partial charge in [0, 0.05) is 37.6 Å². The predicted molar refractivity (Wildman–Crippen MR) is 82.5 cm³/mol. The Morgan fingerprint density at radius 2 is 1.65 bits per heavy atom. The van der Waals surface area contributed by atoms with Crippen molar-refractivity contribution in [1.29, 1.82) is 0 Å². The molecule has 1 atom stereocenters. The van der Waals surface area contributed by atoms with Gasteiger partial charge < -0.3 is 21.3 Å². The van der Waals surface area contributed by atoms with Gasteiger partial charge in [0.25, 0.3) is 0 Å². The van der Waals surface area contributed by atoms with Gasteiger partial charge in [-0.2, -0.15) is 0 Å². The molecule has 5 heteroatoms. The Balaban J connectivity index is 1.92. The zero-order valence-electron chi connectivity index (χ0n) is 12.2. The van der Waals surface area contributed by atoms with Gasteiger partial charge in [0.2, 0.25) is 5.91 Å². The monoisotopic (exact) mass is 276 g/mol. The molecule has 0 radical (unpaired) electrons. The van der Waals surface area contributed by atoms with Crippen LogP contribution in [0.3, 0.4) is 0 Å². The van der Waals surface area contributed by atoms with Crippen molar-refractivity contribution < 1.29 is 4.79 Å². The number of rotatable bonds is 3. The van der Waals surface area contributed by atoms with Gasteiger partial charge in [-0.25, -0.2) is 0 Å². The number of amides is 1. The summed E-state index contributed by atoms with van der Waals surface area (Å²) in [7, 11) is 0. The molecule has 5 nitrogen and oxygen atoms in total. The standard InChI is InChI=1S/C15H24N4O/c1-11(2)14(17)15(20)19-9-7-18(8-10-19)13-5-3-12(16)4-6-13/h3-6,11,14H,7-10,16-17H2,1-2H3. The third-order valence-corrected chi connectivity index (χ3v) is 3.85. The lowest BCUT2D eigenvalue weighted by molar-refractivity contribution is -0.133. The predicted octanol–water partition coefficient (Wildman–Crippen LogP) is 0.901. The average molecular weight is 276 g/mol. The molecule has 1 aliphatic heterocycles. The highest BCUT2D eigenvalue weighted by atomic mass is 16.2. The number of anilines is 2. The highest BCUT2D eigenvalue weighted by molar-refractivity contribution is 5.82. The number of piperazine rings is 1. The first-order valence-corrected chi connectivity index (χ1v) is 7.14. The molecular weight excluding hydrogens is 252 g/mol. The van der Waals surface area contributed by atoms with E-state index in [2.05, 4.69) is 4.90 Å². The van der Waals surface area contributed by atoms with E-state index in [1.54, 1.807) is 0 Å². The topological polar surface area (TPSA) is 75.6 Å². The Morgan fingerprint density at radius 3 is 2.15 bits per heavy atom. The van der Waals surface area contributed by atoms with Gasteiger partial charge >= 0.3 is 0 Å². The van der Waals surface area contributed by atoms with Gasteiger partial charge in [-0.05, 0) is 30.2 Å². The van der Waals surface area contributed by atoms with Crippen molar-refractivity contribution in [2.24, 2.45) is 11.7 Å². The van der Waals surface area contributed by atoms with E-state index in [-0.39, 0.29) is 11.8 Å². The Bertz CT molecular complexity index is 449. The lowest BCUT2D eigenvalue weighted by Gasteiger charge is -2.37. The highest BCUT2D eigenvalue weighted by Crippen LogP contribution is 2.18. The van der Waals surface area contributed by atoms with E-state index in [4.69, 9.17) is 11.5 Å². The van der Waals surface area contributed by atoms with Crippen molar-refractivity contribution >= 4 is 17.3 Å². The molecule has 110 valence electrons. The SMILES string of the molecule is CC(C)C(N)C(=O)N1CCN(c2ccc(N)cc2)CC1. The Kier molecular flexibility index (Phi) is 4.49. The minimum absolute atomic E-state index is 0.0666. The quantitative estimate of drug-likeness (QED) is 0.804. The summed E-state index contributed by atoms with van der Waals surface area (Å²) < 4.78 is 0. The lowest BCUT2D eigenvalue weighted by Crippen LogP contribution is -2.54. The van der Waals surface area contributed by atoms with Gasteiger partial charge in [0.1, 0.15) is 0 Å². The van der Waals surface area contributed by atoms with Crippen LogP contribution in [0.25, 0.3) is 0 Å². The molecule has 1 heterocycles. The maximum atomic E-state index is 12.2. The summed E-state index contributed by atoms with van der Waals surface area (Å²) in [6, 6.07) is 7.46. The van der Waals surface area contributed by atoms with Crippen LogP contribution in [0, 0.1) is 5.92 Å². The second-order valence-corrected chi connectivity index (χ2v) is 5.67. The van der Waals surface area contributed by atoms with E-state index < -0.39 is 6.04 Å². The zero-order valence-corrected chi connectivity index (χ0v) is 12.2. The number of nitrogens with zero attached hydrogens (tertiary/aromatic N) is 2. The summed E-state index contributed by atoms with van der Waals surface area (Å²) in [4.78, 5) is 16.3. The van der Waals surface area contributed by atoms with Crippen LogP contribution in [0.4, 0.5) is 11.4 Å². The number of carbonyl (C=O) groups is 1. The molecule has 0 aromatic heterocycles. The second kappa shape index (κ2) is 6.13. The van der Waals surface area contributed by atoms with Crippen LogP contribution in [0.15, 0.2) is 24.3 Å². The van der Waals surface area contributed by atoms with Gasteiger partial charge in [0.05, 0.1) is 6.04 Å². The van der Waals surface area contributed by atoms with Crippen molar-refractivity contribution in [3.05, 3.63) is 24.3 Å². The normalized spacial score (nSPS) is 17.4. The van der Waals surface area contributed by atoms with Gasteiger partial charge in [-0.15, -0.1) is 0 Å². The van der Waals surface area contributed by atoms with Crippen molar-refractivity contribution in [2.45, 2.75) is 19.9 Å². The van der Waals surface area contributed by atoms with Crippen LogP contribution in [-0.2, 0) is 4.79 Å². The molecule has 1 aliphatic rings. The van der Waals surface area contributed by atoms with Crippen molar-refractivity contribution in [2.75, 3.05) is 36.8 Å². The molecule has 1 aromatic rings. The summed E-state index contributed by atoms with van der Waals surface area (Å²) in [5, 5.41) is 0. The first-order valence-electron chi connectivity index (χ1n) is 7.14.